The second-order valence-corrected chi connectivity index (χ2v) is 10.2. The van der Waals surface area contributed by atoms with Crippen molar-refractivity contribution in [1.82, 2.24) is 10.2 Å². The van der Waals surface area contributed by atoms with Crippen LogP contribution in [-0.4, -0.2) is 38.4 Å². The van der Waals surface area contributed by atoms with Crippen molar-refractivity contribution in [2.24, 2.45) is 0 Å². The van der Waals surface area contributed by atoms with E-state index >= 15 is 0 Å². The number of carbonyl (C=O) groups excluding carboxylic acids is 1. The summed E-state index contributed by atoms with van der Waals surface area (Å²) in [6.45, 7) is 4.16. The zero-order valence-corrected chi connectivity index (χ0v) is 21.0. The number of carbonyl (C=O) groups is 1. The van der Waals surface area contributed by atoms with Gasteiger partial charge >= 0.3 is 0 Å². The largest absolute Gasteiger partial charge is 0.349 e. The minimum absolute atomic E-state index is 0. The topological polar surface area (TPSA) is 78.5 Å². The lowest BCUT2D eigenvalue weighted by molar-refractivity contribution is 0.0910. The van der Waals surface area contributed by atoms with Gasteiger partial charge in [0, 0.05) is 25.7 Å². The van der Waals surface area contributed by atoms with E-state index in [1.165, 1.54) is 18.6 Å². The van der Waals surface area contributed by atoms with Crippen molar-refractivity contribution in [3.05, 3.63) is 95.3 Å². The van der Waals surface area contributed by atoms with Gasteiger partial charge in [0.15, 0.2) is 0 Å². The van der Waals surface area contributed by atoms with Gasteiger partial charge in [0.2, 0.25) is 0 Å². The smallest absolute Gasteiger partial charge is 0.262 e. The van der Waals surface area contributed by atoms with Gasteiger partial charge in [-0.05, 0) is 61.2 Å². The van der Waals surface area contributed by atoms with Gasteiger partial charge in [-0.15, -0.1) is 12.4 Å². The van der Waals surface area contributed by atoms with E-state index in [2.05, 4.69) is 27.1 Å². The second-order valence-electron chi connectivity index (χ2n) is 8.57. The maximum atomic E-state index is 13.4. The number of halogens is 2. The van der Waals surface area contributed by atoms with Crippen LogP contribution in [0.4, 0.5) is 10.1 Å². The molecule has 1 heterocycles. The Morgan fingerprint density at radius 3 is 2.34 bits per heavy atom. The van der Waals surface area contributed by atoms with E-state index < -0.39 is 15.8 Å². The molecular formula is C26H29ClFN3O3S. The van der Waals surface area contributed by atoms with Crippen LogP contribution in [0.2, 0.25) is 0 Å². The number of para-hydroxylation sites is 1. The van der Waals surface area contributed by atoms with Gasteiger partial charge in [-0.25, -0.2) is 12.8 Å². The van der Waals surface area contributed by atoms with Crippen LogP contribution in [0.25, 0.3) is 0 Å². The maximum absolute atomic E-state index is 13.4. The average Bonchev–Trinajstić information content (AvgIpc) is 2.81. The fourth-order valence-corrected chi connectivity index (χ4v) is 5.53. The zero-order valence-electron chi connectivity index (χ0n) is 19.4. The Bertz CT molecular complexity index is 1260. The fraction of sp³-hybridized carbons (Fsp3) is 0.269. The normalized spacial score (nSPS) is 14.7. The van der Waals surface area contributed by atoms with Crippen LogP contribution in [0.1, 0.15) is 34.3 Å². The molecule has 1 saturated heterocycles. The maximum Gasteiger partial charge on any atom is 0.262 e. The molecule has 1 aliphatic heterocycles. The minimum atomic E-state index is -3.99. The van der Waals surface area contributed by atoms with Crippen molar-refractivity contribution in [2.45, 2.75) is 37.2 Å². The molecule has 0 bridgehead atoms. The molecule has 3 aromatic rings. The van der Waals surface area contributed by atoms with Gasteiger partial charge in [-0.2, -0.15) is 0 Å². The van der Waals surface area contributed by atoms with E-state index in [0.29, 0.717) is 0 Å². The number of aryl methyl sites for hydroxylation is 1. The third kappa shape index (κ3) is 6.81. The number of likely N-dealkylation sites (tertiary alicyclic amines) is 1. The zero-order chi connectivity index (χ0) is 24.1. The summed E-state index contributed by atoms with van der Waals surface area (Å²) in [5.41, 5.74) is 1.99. The van der Waals surface area contributed by atoms with Crippen molar-refractivity contribution in [3.63, 3.8) is 0 Å². The Morgan fingerprint density at radius 2 is 1.66 bits per heavy atom. The predicted octanol–water partition coefficient (Wildman–Crippen LogP) is 4.75. The first kappa shape index (κ1) is 26.7. The molecule has 0 radical (unpaired) electrons. The highest BCUT2D eigenvalue weighted by Crippen LogP contribution is 2.23. The van der Waals surface area contributed by atoms with Crippen LogP contribution in [0.5, 0.6) is 0 Å². The molecule has 0 aliphatic carbocycles. The quantitative estimate of drug-likeness (QED) is 0.474. The lowest BCUT2D eigenvalue weighted by Crippen LogP contribution is -2.44. The number of hydrogen-bond acceptors (Lipinski definition) is 4. The number of benzene rings is 3. The summed E-state index contributed by atoms with van der Waals surface area (Å²) in [4.78, 5) is 15.4. The van der Waals surface area contributed by atoms with Gasteiger partial charge < -0.3 is 5.32 Å². The Balaban J connectivity index is 0.00000342. The first-order valence-corrected chi connectivity index (χ1v) is 12.8. The molecular weight excluding hydrogens is 489 g/mol. The van der Waals surface area contributed by atoms with E-state index in [4.69, 9.17) is 0 Å². The second kappa shape index (κ2) is 11.7. The van der Waals surface area contributed by atoms with Crippen molar-refractivity contribution in [3.8, 4) is 0 Å². The monoisotopic (exact) mass is 517 g/mol. The highest BCUT2D eigenvalue weighted by molar-refractivity contribution is 7.92. The molecule has 6 nitrogen and oxygen atoms in total. The third-order valence-corrected chi connectivity index (χ3v) is 7.54. The first-order valence-electron chi connectivity index (χ1n) is 11.3. The van der Waals surface area contributed by atoms with Crippen LogP contribution in [-0.2, 0) is 16.6 Å². The van der Waals surface area contributed by atoms with Crippen molar-refractivity contribution >= 4 is 34.0 Å². The van der Waals surface area contributed by atoms with E-state index in [0.717, 1.165) is 44.6 Å². The van der Waals surface area contributed by atoms with Crippen LogP contribution in [0, 0.1) is 12.7 Å². The van der Waals surface area contributed by atoms with Crippen molar-refractivity contribution < 1.29 is 17.6 Å². The Hall–Kier alpha value is -2.94. The predicted molar refractivity (Wildman–Crippen MR) is 138 cm³/mol. The molecule has 0 aromatic heterocycles. The van der Waals surface area contributed by atoms with Crippen LogP contribution < -0.4 is 10.0 Å². The summed E-state index contributed by atoms with van der Waals surface area (Å²) >= 11 is 0. The molecule has 1 aliphatic rings. The molecule has 3 aromatic carbocycles. The molecule has 1 fully saturated rings. The number of anilines is 1. The van der Waals surface area contributed by atoms with Gasteiger partial charge in [0.1, 0.15) is 5.82 Å². The third-order valence-electron chi connectivity index (χ3n) is 6.01. The number of nitrogens with one attached hydrogen (secondary N) is 2. The number of piperidine rings is 1. The fourth-order valence-electron chi connectivity index (χ4n) is 4.22. The SMILES string of the molecule is Cc1cc(F)ccc1S(=O)(=O)Nc1ccccc1C(=O)NC1CCN(Cc2ccccc2)CC1.Cl. The molecule has 0 atom stereocenters. The molecule has 35 heavy (non-hydrogen) atoms. The highest BCUT2D eigenvalue weighted by Gasteiger charge is 2.24. The lowest BCUT2D eigenvalue weighted by Gasteiger charge is -2.32. The van der Waals surface area contributed by atoms with E-state index in [1.54, 1.807) is 24.3 Å². The first-order chi connectivity index (χ1) is 16.3. The summed E-state index contributed by atoms with van der Waals surface area (Å²) in [6.07, 6.45) is 1.64. The number of amides is 1. The molecule has 9 heteroatoms. The van der Waals surface area contributed by atoms with Crippen LogP contribution in [0.3, 0.4) is 0 Å². The Labute approximate surface area is 212 Å². The Kier molecular flexibility index (Phi) is 8.88. The molecule has 4 rings (SSSR count). The summed E-state index contributed by atoms with van der Waals surface area (Å²) in [5.74, 6) is -0.832. The van der Waals surface area contributed by atoms with E-state index in [1.807, 2.05) is 18.2 Å². The summed E-state index contributed by atoms with van der Waals surface area (Å²) in [5, 5.41) is 3.05. The minimum Gasteiger partial charge on any atom is -0.349 e. The molecule has 0 unspecified atom stereocenters. The van der Waals surface area contributed by atoms with Crippen molar-refractivity contribution in [1.29, 1.82) is 0 Å². The highest BCUT2D eigenvalue weighted by atomic mass is 35.5. The number of nitrogens with zero attached hydrogens (tertiary/aromatic N) is 1. The number of rotatable bonds is 7. The van der Waals surface area contributed by atoms with Gasteiger partial charge in [-0.1, -0.05) is 42.5 Å². The van der Waals surface area contributed by atoms with Gasteiger partial charge in [0.05, 0.1) is 16.1 Å². The standard InChI is InChI=1S/C26H28FN3O3S.ClH/c1-19-17-21(27)11-12-25(19)34(32,33)29-24-10-6-5-9-23(24)26(31)28-22-13-15-30(16-14-22)18-20-7-3-2-4-8-20;/h2-12,17,22,29H,13-16,18H2,1H3,(H,28,31);1H. The molecule has 0 spiro atoms. The summed E-state index contributed by atoms with van der Waals surface area (Å²) < 4.78 is 41.7. The molecule has 2 N–H and O–H groups in total. The van der Waals surface area contributed by atoms with E-state index in [9.17, 15) is 17.6 Å². The molecule has 1 amide bonds. The van der Waals surface area contributed by atoms with Crippen LogP contribution in [0.15, 0.2) is 77.7 Å². The Morgan fingerprint density at radius 1 is 1.00 bits per heavy atom. The lowest BCUT2D eigenvalue weighted by atomic mass is 10.0. The van der Waals surface area contributed by atoms with Crippen molar-refractivity contribution in [2.75, 3.05) is 17.8 Å². The number of hydrogen-bond donors (Lipinski definition) is 2. The van der Waals surface area contributed by atoms with Gasteiger partial charge in [-0.3, -0.25) is 14.4 Å². The molecule has 0 saturated carbocycles. The van der Waals surface area contributed by atoms with Gasteiger partial charge in [0.25, 0.3) is 15.9 Å². The summed E-state index contributed by atoms with van der Waals surface area (Å²) in [7, 11) is -3.99. The average molecular weight is 518 g/mol. The summed E-state index contributed by atoms with van der Waals surface area (Å²) in [6, 6.07) is 20.3. The van der Waals surface area contributed by atoms with E-state index in [-0.39, 0.29) is 46.1 Å². The van der Waals surface area contributed by atoms with Crippen LogP contribution >= 0.6 is 12.4 Å². The molecule has 186 valence electrons. The number of sulfonamides is 1.